The van der Waals surface area contributed by atoms with Crippen molar-refractivity contribution in [2.75, 3.05) is 5.73 Å². The molecular formula is C14H12Cl2N2O2S. The van der Waals surface area contributed by atoms with E-state index in [9.17, 15) is 9.00 Å². The van der Waals surface area contributed by atoms with Crippen LogP contribution in [0.2, 0.25) is 10.0 Å². The van der Waals surface area contributed by atoms with E-state index in [-0.39, 0.29) is 5.75 Å². The first-order valence-electron chi connectivity index (χ1n) is 5.90. The van der Waals surface area contributed by atoms with Gasteiger partial charge in [0.25, 0.3) is 0 Å². The van der Waals surface area contributed by atoms with E-state index in [0.29, 0.717) is 31.8 Å². The van der Waals surface area contributed by atoms with Crippen molar-refractivity contribution in [2.45, 2.75) is 10.6 Å². The molecule has 4 N–H and O–H groups in total. The molecule has 0 heterocycles. The molecule has 0 bridgehead atoms. The lowest BCUT2D eigenvalue weighted by Crippen LogP contribution is -2.11. The third-order valence-electron chi connectivity index (χ3n) is 2.82. The van der Waals surface area contributed by atoms with Crippen LogP contribution in [0.5, 0.6) is 0 Å². The third kappa shape index (κ3) is 3.75. The van der Waals surface area contributed by atoms with E-state index in [1.54, 1.807) is 30.3 Å². The maximum absolute atomic E-state index is 12.4. The highest BCUT2D eigenvalue weighted by Crippen LogP contribution is 2.26. The molecule has 0 radical (unpaired) electrons. The number of hydrogen-bond acceptors (Lipinski definition) is 3. The van der Waals surface area contributed by atoms with Crippen molar-refractivity contribution in [3.05, 3.63) is 57.6 Å². The summed E-state index contributed by atoms with van der Waals surface area (Å²) in [6.07, 6.45) is 0. The number of amides is 1. The number of carbonyl (C=O) groups excluding carboxylic acids is 1. The third-order valence-corrected chi connectivity index (χ3v) is 5.02. The minimum atomic E-state index is -1.40. The van der Waals surface area contributed by atoms with Crippen LogP contribution in [0.3, 0.4) is 0 Å². The molecule has 2 aromatic rings. The van der Waals surface area contributed by atoms with Crippen LogP contribution in [-0.4, -0.2) is 10.1 Å². The van der Waals surface area contributed by atoms with Crippen molar-refractivity contribution >= 4 is 45.6 Å². The normalized spacial score (nSPS) is 12.1. The van der Waals surface area contributed by atoms with Gasteiger partial charge in [0.05, 0.1) is 26.5 Å². The maximum atomic E-state index is 12.4. The number of rotatable bonds is 4. The molecule has 21 heavy (non-hydrogen) atoms. The van der Waals surface area contributed by atoms with Gasteiger partial charge in [0, 0.05) is 16.3 Å². The van der Waals surface area contributed by atoms with Crippen molar-refractivity contribution in [2.24, 2.45) is 5.73 Å². The first-order chi connectivity index (χ1) is 9.88. The first kappa shape index (κ1) is 15.8. The maximum Gasteiger partial charge on any atom is 0.248 e. The second kappa shape index (κ2) is 6.47. The van der Waals surface area contributed by atoms with Gasteiger partial charge in [-0.25, -0.2) is 0 Å². The van der Waals surface area contributed by atoms with E-state index < -0.39 is 16.7 Å². The van der Waals surface area contributed by atoms with Crippen LogP contribution in [0, 0.1) is 0 Å². The van der Waals surface area contributed by atoms with Crippen molar-refractivity contribution < 1.29 is 9.00 Å². The van der Waals surface area contributed by atoms with E-state index in [1.807, 2.05) is 0 Å². The predicted molar refractivity (Wildman–Crippen MR) is 85.9 cm³/mol. The summed E-state index contributed by atoms with van der Waals surface area (Å²) in [6.45, 7) is 0. The van der Waals surface area contributed by atoms with E-state index in [2.05, 4.69) is 0 Å². The fourth-order valence-electron chi connectivity index (χ4n) is 1.73. The zero-order valence-corrected chi connectivity index (χ0v) is 13.1. The van der Waals surface area contributed by atoms with Crippen molar-refractivity contribution in [3.8, 4) is 0 Å². The molecule has 0 aromatic heterocycles. The molecule has 0 saturated carbocycles. The molecule has 0 aliphatic rings. The minimum absolute atomic E-state index is 0.168. The number of anilines is 1. The van der Waals surface area contributed by atoms with Crippen LogP contribution in [0.1, 0.15) is 15.9 Å². The molecule has 1 atom stereocenters. The number of benzene rings is 2. The highest BCUT2D eigenvalue weighted by Gasteiger charge is 2.13. The Morgan fingerprint density at radius 3 is 2.43 bits per heavy atom. The summed E-state index contributed by atoms with van der Waals surface area (Å²) >= 11 is 12.1. The molecular weight excluding hydrogens is 331 g/mol. The zero-order valence-electron chi connectivity index (χ0n) is 10.8. The lowest BCUT2D eigenvalue weighted by atomic mass is 10.1. The number of nitrogens with two attached hydrogens (primary N) is 2. The molecule has 0 fully saturated rings. The summed E-state index contributed by atoms with van der Waals surface area (Å²) in [4.78, 5) is 11.5. The highest BCUT2D eigenvalue weighted by molar-refractivity contribution is 7.84. The van der Waals surface area contributed by atoms with Crippen LogP contribution in [0.4, 0.5) is 5.69 Å². The highest BCUT2D eigenvalue weighted by atomic mass is 35.5. The van der Waals surface area contributed by atoms with Crippen LogP contribution in [0.25, 0.3) is 0 Å². The number of hydrogen-bond donors (Lipinski definition) is 2. The van der Waals surface area contributed by atoms with Gasteiger partial charge >= 0.3 is 0 Å². The van der Waals surface area contributed by atoms with Gasteiger partial charge in [0.1, 0.15) is 0 Å². The van der Waals surface area contributed by atoms with Crippen LogP contribution in [-0.2, 0) is 16.6 Å². The average Bonchev–Trinajstić information content (AvgIpc) is 2.43. The molecule has 110 valence electrons. The standard InChI is InChI=1S/C14H12Cl2N2O2S/c15-11-4-3-10(17)6-13(11)21(20)7-9-2-1-8(14(18)19)5-12(9)16/h1-6H,7,17H2,(H2,18,19). The lowest BCUT2D eigenvalue weighted by molar-refractivity contribution is 0.100. The largest absolute Gasteiger partial charge is 0.399 e. The Morgan fingerprint density at radius 2 is 1.81 bits per heavy atom. The molecule has 0 saturated heterocycles. The Hall–Kier alpha value is -1.56. The van der Waals surface area contributed by atoms with E-state index in [1.165, 1.54) is 6.07 Å². The Labute approximate surface area is 134 Å². The first-order valence-corrected chi connectivity index (χ1v) is 7.97. The predicted octanol–water partition coefficient (Wildman–Crippen LogP) is 2.98. The van der Waals surface area contributed by atoms with Gasteiger partial charge in [-0.1, -0.05) is 29.3 Å². The Kier molecular flexibility index (Phi) is 4.88. The zero-order chi connectivity index (χ0) is 15.6. The number of nitrogen functional groups attached to an aromatic ring is 1. The summed E-state index contributed by atoms with van der Waals surface area (Å²) in [5.41, 5.74) is 12.3. The van der Waals surface area contributed by atoms with Gasteiger partial charge in [0.15, 0.2) is 0 Å². The van der Waals surface area contributed by atoms with E-state index in [0.717, 1.165) is 0 Å². The van der Waals surface area contributed by atoms with Crippen molar-refractivity contribution in [1.29, 1.82) is 0 Å². The Balaban J connectivity index is 2.27. The van der Waals surface area contributed by atoms with Crippen LogP contribution in [0.15, 0.2) is 41.3 Å². The summed E-state index contributed by atoms with van der Waals surface area (Å²) in [5.74, 6) is -0.399. The summed E-state index contributed by atoms with van der Waals surface area (Å²) < 4.78 is 12.4. The van der Waals surface area contributed by atoms with Crippen LogP contribution < -0.4 is 11.5 Å². The SMILES string of the molecule is NC(=O)c1ccc(CS(=O)c2cc(N)ccc2Cl)c(Cl)c1. The van der Waals surface area contributed by atoms with Gasteiger partial charge in [-0.3, -0.25) is 9.00 Å². The van der Waals surface area contributed by atoms with Crippen LogP contribution >= 0.6 is 23.2 Å². The van der Waals surface area contributed by atoms with Crippen molar-refractivity contribution in [1.82, 2.24) is 0 Å². The van der Waals surface area contributed by atoms with E-state index in [4.69, 9.17) is 34.7 Å². The van der Waals surface area contributed by atoms with Gasteiger partial charge in [-0.2, -0.15) is 0 Å². The number of carbonyl (C=O) groups is 1. The number of halogens is 2. The molecule has 0 spiro atoms. The molecule has 1 unspecified atom stereocenters. The smallest absolute Gasteiger partial charge is 0.248 e. The second-order valence-corrected chi connectivity index (χ2v) is 6.58. The Morgan fingerprint density at radius 1 is 1.10 bits per heavy atom. The molecule has 4 nitrogen and oxygen atoms in total. The molecule has 2 aromatic carbocycles. The van der Waals surface area contributed by atoms with Gasteiger partial charge < -0.3 is 11.5 Å². The van der Waals surface area contributed by atoms with Gasteiger partial charge in [-0.15, -0.1) is 0 Å². The fraction of sp³-hybridized carbons (Fsp3) is 0.0714. The van der Waals surface area contributed by atoms with Gasteiger partial charge in [0.2, 0.25) is 5.91 Å². The molecule has 1 amide bonds. The van der Waals surface area contributed by atoms with Crippen molar-refractivity contribution in [3.63, 3.8) is 0 Å². The number of primary amides is 1. The summed E-state index contributed by atoms with van der Waals surface area (Å²) in [6, 6.07) is 9.43. The minimum Gasteiger partial charge on any atom is -0.399 e. The molecule has 2 rings (SSSR count). The molecule has 0 aliphatic heterocycles. The Bertz CT molecular complexity index is 735. The molecule has 7 heteroatoms. The van der Waals surface area contributed by atoms with Gasteiger partial charge in [-0.05, 0) is 35.9 Å². The monoisotopic (exact) mass is 342 g/mol. The summed E-state index contributed by atoms with van der Waals surface area (Å²) in [5, 5.41) is 0.715. The van der Waals surface area contributed by atoms with E-state index >= 15 is 0 Å². The average molecular weight is 343 g/mol. The second-order valence-electron chi connectivity index (χ2n) is 4.35. The lowest BCUT2D eigenvalue weighted by Gasteiger charge is -2.08. The molecule has 0 aliphatic carbocycles. The quantitative estimate of drug-likeness (QED) is 0.837. The summed E-state index contributed by atoms with van der Waals surface area (Å²) in [7, 11) is -1.40. The fourth-order valence-corrected chi connectivity index (χ4v) is 3.68. The topological polar surface area (TPSA) is 86.2 Å².